The quantitative estimate of drug-likeness (QED) is 0.741. The molecule has 0 aliphatic rings. The van der Waals surface area contributed by atoms with Crippen molar-refractivity contribution in [3.63, 3.8) is 0 Å². The van der Waals surface area contributed by atoms with Gasteiger partial charge in [-0.1, -0.05) is 41.5 Å². The smallest absolute Gasteiger partial charge is 0.134 e. The lowest BCUT2D eigenvalue weighted by Crippen LogP contribution is -1.99. The SMILES string of the molecule is CC.CC.CC.Cc1cc(F)c(C)c(F)c1CO. The van der Waals surface area contributed by atoms with E-state index in [1.165, 1.54) is 13.0 Å². The van der Waals surface area contributed by atoms with Crippen molar-refractivity contribution >= 4 is 0 Å². The van der Waals surface area contributed by atoms with E-state index in [0.717, 1.165) is 0 Å². The van der Waals surface area contributed by atoms with Gasteiger partial charge in [-0.25, -0.2) is 8.78 Å². The maximum atomic E-state index is 13.1. The fraction of sp³-hybridized carbons (Fsp3) is 0.600. The number of aliphatic hydroxyl groups excluding tert-OH is 1. The first kappa shape index (κ1) is 22.2. The maximum Gasteiger partial charge on any atom is 0.134 e. The van der Waals surface area contributed by atoms with Crippen LogP contribution in [-0.2, 0) is 6.61 Å². The van der Waals surface area contributed by atoms with Crippen LogP contribution in [0.15, 0.2) is 6.07 Å². The molecule has 0 aromatic heterocycles. The van der Waals surface area contributed by atoms with Gasteiger partial charge in [0.2, 0.25) is 0 Å². The molecule has 0 saturated carbocycles. The van der Waals surface area contributed by atoms with Crippen molar-refractivity contribution in [1.29, 1.82) is 0 Å². The van der Waals surface area contributed by atoms with Gasteiger partial charge in [0.05, 0.1) is 6.61 Å². The predicted molar refractivity (Wildman–Crippen MR) is 75.8 cm³/mol. The number of rotatable bonds is 1. The monoisotopic (exact) mass is 262 g/mol. The number of hydrogen-bond acceptors (Lipinski definition) is 1. The average molecular weight is 262 g/mol. The number of aryl methyl sites for hydroxylation is 1. The van der Waals surface area contributed by atoms with Crippen LogP contribution in [0, 0.1) is 25.5 Å². The molecule has 0 radical (unpaired) electrons. The van der Waals surface area contributed by atoms with Crippen LogP contribution in [0.4, 0.5) is 8.78 Å². The first-order valence-electron chi connectivity index (χ1n) is 6.63. The lowest BCUT2D eigenvalue weighted by Gasteiger charge is -2.07. The highest BCUT2D eigenvalue weighted by Crippen LogP contribution is 2.19. The van der Waals surface area contributed by atoms with Gasteiger partial charge >= 0.3 is 0 Å². The van der Waals surface area contributed by atoms with E-state index in [1.54, 1.807) is 6.92 Å². The summed E-state index contributed by atoms with van der Waals surface area (Å²) in [6.45, 7) is 14.5. The normalized spacial score (nSPS) is 7.94. The molecule has 0 heterocycles. The molecule has 0 fully saturated rings. The molecule has 0 unspecified atom stereocenters. The van der Waals surface area contributed by atoms with E-state index in [1.807, 2.05) is 41.5 Å². The summed E-state index contributed by atoms with van der Waals surface area (Å²) in [6, 6.07) is 1.23. The van der Waals surface area contributed by atoms with E-state index in [9.17, 15) is 8.78 Å². The lowest BCUT2D eigenvalue weighted by molar-refractivity contribution is 0.274. The molecule has 1 rings (SSSR count). The van der Waals surface area contributed by atoms with Gasteiger partial charge in [0, 0.05) is 11.1 Å². The van der Waals surface area contributed by atoms with Crippen molar-refractivity contribution in [3.05, 3.63) is 34.4 Å². The molecule has 0 atom stereocenters. The highest BCUT2D eigenvalue weighted by molar-refractivity contribution is 5.33. The number of aliphatic hydroxyl groups is 1. The number of hydrogen-bond donors (Lipinski definition) is 1. The minimum atomic E-state index is -0.644. The Bertz CT molecular complexity index is 310. The Labute approximate surface area is 111 Å². The lowest BCUT2D eigenvalue weighted by atomic mass is 10.0. The molecule has 0 aliphatic carbocycles. The fourth-order valence-electron chi connectivity index (χ4n) is 1.08. The van der Waals surface area contributed by atoms with E-state index >= 15 is 0 Å². The Morgan fingerprint density at radius 2 is 1.33 bits per heavy atom. The van der Waals surface area contributed by atoms with Crippen LogP contribution in [0.3, 0.4) is 0 Å². The van der Waals surface area contributed by atoms with Crippen LogP contribution in [-0.4, -0.2) is 5.11 Å². The largest absolute Gasteiger partial charge is 0.392 e. The van der Waals surface area contributed by atoms with E-state index in [0.29, 0.717) is 5.56 Å². The summed E-state index contributed by atoms with van der Waals surface area (Å²) in [5.41, 5.74) is 0.580. The second-order valence-corrected chi connectivity index (χ2v) is 2.75. The zero-order chi connectivity index (χ0) is 15.3. The Kier molecular flexibility index (Phi) is 17.4. The molecule has 0 aliphatic heterocycles. The van der Waals surface area contributed by atoms with Crippen LogP contribution in [0.2, 0.25) is 0 Å². The Hall–Kier alpha value is -0.960. The van der Waals surface area contributed by atoms with Gasteiger partial charge in [-0.15, -0.1) is 0 Å². The summed E-state index contributed by atoms with van der Waals surface area (Å²) < 4.78 is 26.0. The Morgan fingerprint density at radius 3 is 1.67 bits per heavy atom. The van der Waals surface area contributed by atoms with Crippen LogP contribution < -0.4 is 0 Å². The van der Waals surface area contributed by atoms with Gasteiger partial charge < -0.3 is 5.11 Å². The zero-order valence-electron chi connectivity index (χ0n) is 13.0. The summed E-state index contributed by atoms with van der Waals surface area (Å²) in [6.07, 6.45) is 0. The van der Waals surface area contributed by atoms with Crippen LogP contribution >= 0.6 is 0 Å². The summed E-state index contributed by atoms with van der Waals surface area (Å²) in [5.74, 6) is -1.21. The molecule has 1 aromatic carbocycles. The third-order valence-corrected chi connectivity index (χ3v) is 1.93. The number of benzene rings is 1. The molecular formula is C15H28F2O. The van der Waals surface area contributed by atoms with Crippen molar-refractivity contribution in [2.45, 2.75) is 62.0 Å². The van der Waals surface area contributed by atoms with E-state index in [2.05, 4.69) is 0 Å². The molecule has 3 heteroatoms. The van der Waals surface area contributed by atoms with Gasteiger partial charge in [0.25, 0.3) is 0 Å². The first-order valence-corrected chi connectivity index (χ1v) is 6.63. The van der Waals surface area contributed by atoms with Crippen molar-refractivity contribution in [1.82, 2.24) is 0 Å². The third kappa shape index (κ3) is 6.70. The van der Waals surface area contributed by atoms with E-state index in [-0.39, 0.29) is 11.1 Å². The predicted octanol–water partition coefficient (Wildman–Crippen LogP) is 5.15. The fourth-order valence-corrected chi connectivity index (χ4v) is 1.08. The zero-order valence-corrected chi connectivity index (χ0v) is 13.0. The van der Waals surface area contributed by atoms with Crippen LogP contribution in [0.1, 0.15) is 58.2 Å². The highest BCUT2D eigenvalue weighted by atomic mass is 19.1. The topological polar surface area (TPSA) is 20.2 Å². The second-order valence-electron chi connectivity index (χ2n) is 2.75. The van der Waals surface area contributed by atoms with Gasteiger partial charge in [-0.2, -0.15) is 0 Å². The van der Waals surface area contributed by atoms with Gasteiger partial charge in [-0.3, -0.25) is 0 Å². The minimum absolute atomic E-state index is 0.0374. The summed E-state index contributed by atoms with van der Waals surface area (Å²) >= 11 is 0. The Balaban J connectivity index is -0.000000328. The summed E-state index contributed by atoms with van der Waals surface area (Å²) in [7, 11) is 0. The molecule has 18 heavy (non-hydrogen) atoms. The molecule has 0 bridgehead atoms. The van der Waals surface area contributed by atoms with E-state index in [4.69, 9.17) is 5.11 Å². The van der Waals surface area contributed by atoms with E-state index < -0.39 is 18.2 Å². The maximum absolute atomic E-state index is 13.1. The molecule has 1 aromatic rings. The Morgan fingerprint density at radius 1 is 0.944 bits per heavy atom. The van der Waals surface area contributed by atoms with Crippen molar-refractivity contribution in [2.75, 3.05) is 0 Å². The third-order valence-electron chi connectivity index (χ3n) is 1.93. The average Bonchev–Trinajstić information content (AvgIpc) is 2.43. The van der Waals surface area contributed by atoms with Gasteiger partial charge in [0.1, 0.15) is 11.6 Å². The molecule has 0 spiro atoms. The van der Waals surface area contributed by atoms with Crippen molar-refractivity contribution in [3.8, 4) is 0 Å². The second kappa shape index (κ2) is 14.1. The van der Waals surface area contributed by atoms with Crippen LogP contribution in [0.5, 0.6) is 0 Å². The summed E-state index contributed by atoms with van der Waals surface area (Å²) in [4.78, 5) is 0. The molecular weight excluding hydrogens is 234 g/mol. The van der Waals surface area contributed by atoms with Crippen molar-refractivity contribution < 1.29 is 13.9 Å². The minimum Gasteiger partial charge on any atom is -0.392 e. The first-order chi connectivity index (χ1) is 8.57. The van der Waals surface area contributed by atoms with Crippen molar-refractivity contribution in [2.24, 2.45) is 0 Å². The highest BCUT2D eigenvalue weighted by Gasteiger charge is 2.11. The number of halogens is 2. The van der Waals surface area contributed by atoms with Gasteiger partial charge in [-0.05, 0) is 25.5 Å². The molecule has 108 valence electrons. The van der Waals surface area contributed by atoms with Crippen LogP contribution in [0.25, 0.3) is 0 Å². The molecule has 0 saturated heterocycles. The molecule has 1 N–H and O–H groups in total. The standard InChI is InChI=1S/C9H10F2O.3C2H6/c1-5-3-8(10)6(2)9(11)7(5)4-12;3*1-2/h3,12H,4H2,1-2H3;3*1-2H3. The summed E-state index contributed by atoms with van der Waals surface area (Å²) in [5, 5.41) is 8.75. The van der Waals surface area contributed by atoms with Gasteiger partial charge in [0.15, 0.2) is 0 Å². The molecule has 1 nitrogen and oxygen atoms in total. The molecule has 0 amide bonds.